The summed E-state index contributed by atoms with van der Waals surface area (Å²) in [6.07, 6.45) is 0.294. The fourth-order valence-corrected chi connectivity index (χ4v) is 2.06. The van der Waals surface area contributed by atoms with E-state index in [0.717, 1.165) is 0 Å². The first-order valence-electron chi connectivity index (χ1n) is 6.95. The molecule has 0 heterocycles. The second-order valence-corrected chi connectivity index (χ2v) is 4.96. The van der Waals surface area contributed by atoms with E-state index in [9.17, 15) is 9.59 Å². The van der Waals surface area contributed by atoms with Crippen LogP contribution in [-0.2, 0) is 4.79 Å². The molecular formula is C15H21N3O2S. The van der Waals surface area contributed by atoms with Crippen molar-refractivity contribution in [1.29, 1.82) is 0 Å². The number of carbonyl (C=O) groups is 2. The average Bonchev–Trinajstić information content (AvgIpc) is 2.48. The van der Waals surface area contributed by atoms with Crippen LogP contribution in [0.5, 0.6) is 0 Å². The lowest BCUT2D eigenvalue weighted by Gasteiger charge is -2.18. The normalized spacial score (nSPS) is 10.0. The lowest BCUT2D eigenvalue weighted by atomic mass is 10.1. The highest BCUT2D eigenvalue weighted by Crippen LogP contribution is 2.05. The third-order valence-electron chi connectivity index (χ3n) is 3.15. The van der Waals surface area contributed by atoms with Crippen molar-refractivity contribution in [3.8, 4) is 0 Å². The Kier molecular flexibility index (Phi) is 6.81. The van der Waals surface area contributed by atoms with Gasteiger partial charge in [-0.15, -0.1) is 0 Å². The number of amides is 2. The molecule has 0 fully saturated rings. The summed E-state index contributed by atoms with van der Waals surface area (Å²) in [6, 6.07) is 6.81. The monoisotopic (exact) mass is 307 g/mol. The van der Waals surface area contributed by atoms with Gasteiger partial charge in [-0.2, -0.15) is 0 Å². The van der Waals surface area contributed by atoms with Crippen LogP contribution in [0.25, 0.3) is 0 Å². The fraction of sp³-hybridized carbons (Fsp3) is 0.400. The number of thiocarbonyl (C=S) groups is 1. The van der Waals surface area contributed by atoms with Crippen molar-refractivity contribution in [2.45, 2.75) is 20.3 Å². The maximum atomic E-state index is 12.0. The van der Waals surface area contributed by atoms with E-state index in [1.807, 2.05) is 13.8 Å². The highest BCUT2D eigenvalue weighted by molar-refractivity contribution is 7.80. The molecule has 0 radical (unpaired) electrons. The van der Waals surface area contributed by atoms with Gasteiger partial charge in [0.25, 0.3) is 5.91 Å². The van der Waals surface area contributed by atoms with Gasteiger partial charge in [0.15, 0.2) is 0 Å². The standard InChI is InChI=1S/C15H21N3O2S/c1-3-18(4-2)13(19)8-9-17-15(20)12-7-5-6-11(10-12)14(16)21/h5-7,10H,3-4,8-9H2,1-2H3,(H2,16,21)(H,17,20). The summed E-state index contributed by atoms with van der Waals surface area (Å²) in [4.78, 5) is 25.8. The third kappa shape index (κ3) is 5.15. The average molecular weight is 307 g/mol. The molecule has 3 N–H and O–H groups in total. The number of hydrogen-bond acceptors (Lipinski definition) is 3. The quantitative estimate of drug-likeness (QED) is 0.745. The van der Waals surface area contributed by atoms with Crippen LogP contribution >= 0.6 is 12.2 Å². The van der Waals surface area contributed by atoms with Gasteiger partial charge in [0.1, 0.15) is 4.99 Å². The Hall–Kier alpha value is -1.95. The molecule has 0 saturated heterocycles. The van der Waals surface area contributed by atoms with Crippen LogP contribution < -0.4 is 11.1 Å². The maximum Gasteiger partial charge on any atom is 0.251 e. The van der Waals surface area contributed by atoms with Gasteiger partial charge >= 0.3 is 0 Å². The molecule has 0 aliphatic carbocycles. The van der Waals surface area contributed by atoms with Crippen LogP contribution in [0, 0.1) is 0 Å². The molecule has 6 heteroatoms. The predicted molar refractivity (Wildman–Crippen MR) is 87.2 cm³/mol. The number of rotatable bonds is 7. The SMILES string of the molecule is CCN(CC)C(=O)CCNC(=O)c1cccc(C(N)=S)c1. The molecule has 0 atom stereocenters. The summed E-state index contributed by atoms with van der Waals surface area (Å²) in [5.41, 5.74) is 6.67. The first-order valence-corrected chi connectivity index (χ1v) is 7.36. The number of benzene rings is 1. The van der Waals surface area contributed by atoms with Gasteiger partial charge < -0.3 is 16.0 Å². The van der Waals surface area contributed by atoms with Gasteiger partial charge in [-0.3, -0.25) is 9.59 Å². The van der Waals surface area contributed by atoms with Crippen molar-refractivity contribution in [2.75, 3.05) is 19.6 Å². The molecule has 0 spiro atoms. The van der Waals surface area contributed by atoms with Crippen LogP contribution in [0.15, 0.2) is 24.3 Å². The number of carbonyl (C=O) groups excluding carboxylic acids is 2. The molecule has 1 aromatic rings. The van der Waals surface area contributed by atoms with Crippen LogP contribution in [0.3, 0.4) is 0 Å². The van der Waals surface area contributed by atoms with E-state index in [1.165, 1.54) is 0 Å². The zero-order chi connectivity index (χ0) is 15.8. The number of hydrogen-bond donors (Lipinski definition) is 2. The van der Waals surface area contributed by atoms with Gasteiger partial charge in [0.2, 0.25) is 5.91 Å². The van der Waals surface area contributed by atoms with Crippen LogP contribution in [-0.4, -0.2) is 41.3 Å². The van der Waals surface area contributed by atoms with Gasteiger partial charge in [0.05, 0.1) is 0 Å². The molecule has 114 valence electrons. The molecule has 1 rings (SSSR count). The number of nitrogens with two attached hydrogens (primary N) is 1. The molecular weight excluding hydrogens is 286 g/mol. The minimum Gasteiger partial charge on any atom is -0.389 e. The van der Waals surface area contributed by atoms with E-state index in [-0.39, 0.29) is 16.8 Å². The van der Waals surface area contributed by atoms with Crippen LogP contribution in [0.1, 0.15) is 36.2 Å². The van der Waals surface area contributed by atoms with Crippen molar-refractivity contribution in [3.05, 3.63) is 35.4 Å². The van der Waals surface area contributed by atoms with Gasteiger partial charge in [-0.1, -0.05) is 24.4 Å². The third-order valence-corrected chi connectivity index (χ3v) is 3.39. The molecule has 0 aliphatic heterocycles. The minimum atomic E-state index is -0.236. The molecule has 0 unspecified atom stereocenters. The Balaban J connectivity index is 2.53. The van der Waals surface area contributed by atoms with E-state index < -0.39 is 0 Å². The lowest BCUT2D eigenvalue weighted by molar-refractivity contribution is -0.130. The topological polar surface area (TPSA) is 75.4 Å². The second-order valence-electron chi connectivity index (χ2n) is 4.52. The second kappa shape index (κ2) is 8.36. The summed E-state index contributed by atoms with van der Waals surface area (Å²) in [7, 11) is 0. The van der Waals surface area contributed by atoms with E-state index in [4.69, 9.17) is 18.0 Å². The fourth-order valence-electron chi connectivity index (χ4n) is 1.93. The highest BCUT2D eigenvalue weighted by atomic mass is 32.1. The Labute approximate surface area is 130 Å². The molecule has 0 saturated carbocycles. The van der Waals surface area contributed by atoms with Crippen molar-refractivity contribution in [2.24, 2.45) is 5.73 Å². The number of nitrogens with zero attached hydrogens (tertiary/aromatic N) is 1. The van der Waals surface area contributed by atoms with Gasteiger partial charge in [-0.25, -0.2) is 0 Å². The Morgan fingerprint density at radius 1 is 1.24 bits per heavy atom. The summed E-state index contributed by atoms with van der Waals surface area (Å²) < 4.78 is 0. The summed E-state index contributed by atoms with van der Waals surface area (Å²) in [6.45, 7) is 5.53. The predicted octanol–water partition coefficient (Wildman–Crippen LogP) is 1.31. The molecule has 5 nitrogen and oxygen atoms in total. The van der Waals surface area contributed by atoms with E-state index in [2.05, 4.69) is 5.32 Å². The van der Waals surface area contributed by atoms with Gasteiger partial charge in [-0.05, 0) is 26.0 Å². The zero-order valence-electron chi connectivity index (χ0n) is 12.4. The Morgan fingerprint density at radius 2 is 1.86 bits per heavy atom. The summed E-state index contributed by atoms with van der Waals surface area (Å²) in [5.74, 6) is -0.197. The molecule has 0 bridgehead atoms. The molecule has 0 aromatic heterocycles. The molecule has 21 heavy (non-hydrogen) atoms. The first kappa shape index (κ1) is 17.1. The van der Waals surface area contributed by atoms with Gasteiger partial charge in [0, 0.05) is 37.2 Å². The van der Waals surface area contributed by atoms with Crippen molar-refractivity contribution in [1.82, 2.24) is 10.2 Å². The maximum absolute atomic E-state index is 12.0. The Morgan fingerprint density at radius 3 is 2.43 bits per heavy atom. The van der Waals surface area contributed by atoms with Crippen molar-refractivity contribution >= 4 is 29.0 Å². The summed E-state index contributed by atoms with van der Waals surface area (Å²) >= 11 is 4.88. The van der Waals surface area contributed by atoms with Crippen LogP contribution in [0.4, 0.5) is 0 Å². The highest BCUT2D eigenvalue weighted by Gasteiger charge is 2.11. The van der Waals surface area contributed by atoms with Crippen molar-refractivity contribution < 1.29 is 9.59 Å². The smallest absolute Gasteiger partial charge is 0.251 e. The Bertz CT molecular complexity index is 527. The molecule has 0 aliphatic rings. The number of nitrogens with one attached hydrogen (secondary N) is 1. The van der Waals surface area contributed by atoms with E-state index in [0.29, 0.717) is 37.2 Å². The minimum absolute atomic E-state index is 0.0391. The van der Waals surface area contributed by atoms with E-state index in [1.54, 1.807) is 29.2 Å². The molecule has 2 amide bonds. The zero-order valence-corrected chi connectivity index (χ0v) is 13.2. The van der Waals surface area contributed by atoms with Crippen molar-refractivity contribution in [3.63, 3.8) is 0 Å². The summed E-state index contributed by atoms with van der Waals surface area (Å²) in [5, 5.41) is 2.73. The molecule has 1 aromatic carbocycles. The van der Waals surface area contributed by atoms with E-state index >= 15 is 0 Å². The lowest BCUT2D eigenvalue weighted by Crippen LogP contribution is -2.34. The first-order chi connectivity index (χ1) is 9.99. The van der Waals surface area contributed by atoms with Crippen LogP contribution in [0.2, 0.25) is 0 Å². The largest absolute Gasteiger partial charge is 0.389 e.